The van der Waals surface area contributed by atoms with Gasteiger partial charge in [0.1, 0.15) is 0 Å². The van der Waals surface area contributed by atoms with Crippen molar-refractivity contribution in [3.8, 4) is 0 Å². The third-order valence-corrected chi connectivity index (χ3v) is 9.51. The van der Waals surface area contributed by atoms with E-state index in [1.807, 2.05) is 0 Å². The molecule has 0 saturated heterocycles. The van der Waals surface area contributed by atoms with Crippen LogP contribution in [0.1, 0.15) is 71.1 Å². The first-order chi connectivity index (χ1) is 33.6. The minimum absolute atomic E-state index is 0. The molecule has 21 nitrogen and oxygen atoms in total. The van der Waals surface area contributed by atoms with Crippen LogP contribution in [0.4, 0.5) is 0 Å². The van der Waals surface area contributed by atoms with Crippen LogP contribution < -0.4 is 29.6 Å². The second kappa shape index (κ2) is 64.3. The summed E-state index contributed by atoms with van der Waals surface area (Å²) < 4.78 is 128. The fraction of sp³-hybridized carbons (Fsp3) is 1.00. The smallest absolute Gasteiger partial charge is 0.726 e. The summed E-state index contributed by atoms with van der Waals surface area (Å²) >= 11 is 0. The van der Waals surface area contributed by atoms with Gasteiger partial charge in [0.15, 0.2) is 0 Å². The molecular weight excluding hydrogens is 944 g/mol. The minimum Gasteiger partial charge on any atom is -0.726 e. The van der Waals surface area contributed by atoms with E-state index in [4.69, 9.17) is 80.5 Å². The topological polar surface area (TPSA) is 223 Å². The number of ether oxygens (including phenoxy) is 17. The first kappa shape index (κ1) is 71.3. The van der Waals surface area contributed by atoms with E-state index in [-0.39, 0.29) is 49.4 Å². The Morgan fingerprint density at radius 3 is 0.551 bits per heavy atom. The number of hydrogen-bond donors (Lipinski definition) is 0. The second-order valence-electron chi connectivity index (χ2n) is 14.8. The van der Waals surface area contributed by atoms with Gasteiger partial charge in [0.2, 0.25) is 10.4 Å². The zero-order chi connectivity index (χ0) is 49.0. The van der Waals surface area contributed by atoms with E-state index in [9.17, 15) is 13.0 Å². The number of rotatable bonds is 63. The van der Waals surface area contributed by atoms with Gasteiger partial charge >= 0.3 is 29.6 Å². The molecule has 0 N–H and O–H groups in total. The molecule has 0 saturated carbocycles. The molecule has 23 heteroatoms. The summed E-state index contributed by atoms with van der Waals surface area (Å²) in [4.78, 5) is 0. The van der Waals surface area contributed by atoms with Crippen LogP contribution >= 0.6 is 0 Å². The SMILES string of the molecule is CCCCCCCCCCCCOCCOCCOCCOCCOCCOCCOCCOCCOCCOCCOCCOCCOCCOCCOCCOCCOCCOS(=O)(=O)[O-].[Na+]. The van der Waals surface area contributed by atoms with Crippen molar-refractivity contribution in [3.63, 3.8) is 0 Å². The van der Waals surface area contributed by atoms with Crippen LogP contribution in [-0.2, 0) is 95.1 Å². The average molecular weight is 1040 g/mol. The van der Waals surface area contributed by atoms with Crippen molar-refractivity contribution >= 4 is 10.4 Å². The molecule has 0 aliphatic heterocycles. The predicted octanol–water partition coefficient (Wildman–Crippen LogP) is 0.670. The minimum atomic E-state index is -4.68. The molecule has 0 aromatic heterocycles. The number of hydrogen-bond acceptors (Lipinski definition) is 21. The van der Waals surface area contributed by atoms with Crippen LogP contribution in [0, 0.1) is 0 Å². The largest absolute Gasteiger partial charge is 1.00 e. The molecule has 0 aromatic rings. The first-order valence-corrected chi connectivity index (χ1v) is 26.3. The van der Waals surface area contributed by atoms with E-state index < -0.39 is 10.4 Å². The molecule has 0 spiro atoms. The van der Waals surface area contributed by atoms with Crippen molar-refractivity contribution in [2.45, 2.75) is 71.1 Å². The monoisotopic (exact) mass is 1040 g/mol. The van der Waals surface area contributed by atoms with Crippen molar-refractivity contribution in [3.05, 3.63) is 0 Å². The van der Waals surface area contributed by atoms with E-state index in [2.05, 4.69) is 11.1 Å². The Kier molecular flexibility index (Phi) is 66.4. The van der Waals surface area contributed by atoms with Crippen LogP contribution in [-0.4, -0.2) is 244 Å². The normalized spacial score (nSPS) is 11.8. The molecule has 0 aromatic carbocycles. The molecule has 0 aliphatic rings. The molecule has 69 heavy (non-hydrogen) atoms. The Hall–Kier alpha value is 0.190. The van der Waals surface area contributed by atoms with E-state index in [1.165, 1.54) is 57.8 Å². The fourth-order valence-corrected chi connectivity index (χ4v) is 5.78. The number of unbranched alkanes of at least 4 members (excludes halogenated alkanes) is 9. The molecule has 0 heterocycles. The summed E-state index contributed by atoms with van der Waals surface area (Å²) in [6.07, 6.45) is 13.3. The molecule has 0 unspecified atom stereocenters. The van der Waals surface area contributed by atoms with Crippen LogP contribution in [0.2, 0.25) is 0 Å². The molecular formula is C46H93NaO21S. The van der Waals surface area contributed by atoms with E-state index in [0.717, 1.165) is 13.0 Å². The quantitative estimate of drug-likeness (QED) is 0.0353. The van der Waals surface area contributed by atoms with Crippen molar-refractivity contribution in [1.29, 1.82) is 0 Å². The molecule has 0 fully saturated rings. The zero-order valence-electron chi connectivity index (χ0n) is 42.8. The Balaban J connectivity index is 0. The Labute approximate surface area is 437 Å². The van der Waals surface area contributed by atoms with Crippen LogP contribution in [0.3, 0.4) is 0 Å². The first-order valence-electron chi connectivity index (χ1n) is 25.0. The van der Waals surface area contributed by atoms with Gasteiger partial charge in [0.25, 0.3) is 0 Å². The van der Waals surface area contributed by atoms with Gasteiger partial charge in [-0.25, -0.2) is 8.42 Å². The molecule has 0 radical (unpaired) electrons. The third-order valence-electron chi connectivity index (χ3n) is 9.05. The van der Waals surface area contributed by atoms with Gasteiger partial charge < -0.3 is 85.1 Å². The molecule has 410 valence electrons. The van der Waals surface area contributed by atoms with Crippen LogP contribution in [0.5, 0.6) is 0 Å². The maximum absolute atomic E-state index is 10.3. The van der Waals surface area contributed by atoms with Gasteiger partial charge in [-0.15, -0.1) is 0 Å². The van der Waals surface area contributed by atoms with Crippen molar-refractivity contribution < 1.29 is 127 Å². The maximum Gasteiger partial charge on any atom is 1.00 e. The van der Waals surface area contributed by atoms with Crippen molar-refractivity contribution in [2.24, 2.45) is 0 Å². The summed E-state index contributed by atoms with van der Waals surface area (Å²) in [5.74, 6) is 0. The molecule has 0 rings (SSSR count). The van der Waals surface area contributed by atoms with Gasteiger partial charge in [0, 0.05) is 6.61 Å². The summed E-state index contributed by atoms with van der Waals surface area (Å²) in [6, 6.07) is 0. The second-order valence-corrected chi connectivity index (χ2v) is 15.9. The summed E-state index contributed by atoms with van der Waals surface area (Å²) in [5.41, 5.74) is 0. The van der Waals surface area contributed by atoms with Gasteiger partial charge in [-0.1, -0.05) is 64.7 Å². The van der Waals surface area contributed by atoms with Gasteiger partial charge in [-0.05, 0) is 6.42 Å². The Morgan fingerprint density at radius 2 is 0.377 bits per heavy atom. The van der Waals surface area contributed by atoms with E-state index in [1.54, 1.807) is 0 Å². The molecule has 0 atom stereocenters. The van der Waals surface area contributed by atoms with Crippen molar-refractivity contribution in [2.75, 3.05) is 231 Å². The Bertz CT molecular complexity index is 1030. The van der Waals surface area contributed by atoms with E-state index >= 15 is 0 Å². The summed E-state index contributed by atoms with van der Waals surface area (Å²) in [6.45, 7) is 18.0. The maximum atomic E-state index is 10.3. The fourth-order valence-electron chi connectivity index (χ4n) is 5.51. The third kappa shape index (κ3) is 70.3. The van der Waals surface area contributed by atoms with Crippen molar-refractivity contribution in [1.82, 2.24) is 0 Å². The predicted molar refractivity (Wildman–Crippen MR) is 251 cm³/mol. The molecule has 0 aliphatic carbocycles. The standard InChI is InChI=1S/C46H94O21S.Na/c1-2-3-4-5-6-7-8-9-10-11-12-50-13-14-51-15-16-52-17-18-53-19-20-54-21-22-55-23-24-56-25-26-57-27-28-58-29-30-59-31-32-60-33-34-61-35-36-62-37-38-63-39-40-64-41-42-65-43-44-66-45-46-67-68(47,48)49;/h2-46H2,1H3,(H,47,48,49);/q;+1/p-1. The van der Waals surface area contributed by atoms with Gasteiger partial charge in [-0.2, -0.15) is 0 Å². The Morgan fingerprint density at radius 1 is 0.232 bits per heavy atom. The van der Waals surface area contributed by atoms with Gasteiger partial charge in [0.05, 0.1) is 225 Å². The van der Waals surface area contributed by atoms with Crippen LogP contribution in [0.25, 0.3) is 0 Å². The van der Waals surface area contributed by atoms with E-state index in [0.29, 0.717) is 205 Å². The zero-order valence-corrected chi connectivity index (χ0v) is 45.6. The average Bonchev–Trinajstić information content (AvgIpc) is 3.32. The van der Waals surface area contributed by atoms with Gasteiger partial charge in [-0.3, -0.25) is 4.18 Å². The summed E-state index contributed by atoms with van der Waals surface area (Å²) in [5, 5.41) is 0. The molecule has 0 bridgehead atoms. The molecule has 0 amide bonds. The van der Waals surface area contributed by atoms with Crippen LogP contribution in [0.15, 0.2) is 0 Å². The summed E-state index contributed by atoms with van der Waals surface area (Å²) in [7, 11) is -4.68.